The summed E-state index contributed by atoms with van der Waals surface area (Å²) in [6.07, 6.45) is 0.0845. The third-order valence-corrected chi connectivity index (χ3v) is 5.78. The Bertz CT molecular complexity index is 1150. The van der Waals surface area contributed by atoms with Crippen LogP contribution < -0.4 is 5.14 Å². The van der Waals surface area contributed by atoms with Crippen molar-refractivity contribution in [3.8, 4) is 17.1 Å². The molecule has 0 saturated carbocycles. The highest BCUT2D eigenvalue weighted by Gasteiger charge is 2.16. The Hall–Kier alpha value is -2.80. The van der Waals surface area contributed by atoms with Gasteiger partial charge in [0.1, 0.15) is 5.82 Å². The van der Waals surface area contributed by atoms with Crippen LogP contribution in [0.5, 0.6) is 0 Å². The fourth-order valence-corrected chi connectivity index (χ4v) is 3.75. The van der Waals surface area contributed by atoms with Crippen molar-refractivity contribution in [2.45, 2.75) is 16.5 Å². The van der Waals surface area contributed by atoms with E-state index >= 15 is 0 Å². The van der Waals surface area contributed by atoms with Crippen molar-refractivity contribution in [3.05, 3.63) is 54.3 Å². The van der Waals surface area contributed by atoms with Gasteiger partial charge in [0.05, 0.1) is 10.6 Å². The van der Waals surface area contributed by atoms with Crippen molar-refractivity contribution in [1.82, 2.24) is 19.8 Å². The van der Waals surface area contributed by atoms with E-state index in [1.54, 1.807) is 12.1 Å². The quantitative estimate of drug-likeness (QED) is 0.319. The van der Waals surface area contributed by atoms with Gasteiger partial charge in [0.25, 0.3) is 0 Å². The van der Waals surface area contributed by atoms with Gasteiger partial charge in [0, 0.05) is 24.8 Å². The summed E-state index contributed by atoms with van der Waals surface area (Å²) in [5, 5.41) is 19.6. The summed E-state index contributed by atoms with van der Waals surface area (Å²) in [6.45, 7) is 0. The Morgan fingerprint density at radius 2 is 1.83 bits per heavy atom. The minimum absolute atomic E-state index is 0.0414. The molecule has 30 heavy (non-hydrogen) atoms. The summed E-state index contributed by atoms with van der Waals surface area (Å²) in [4.78, 5) is 15.9. The Morgan fingerprint density at radius 3 is 2.40 bits per heavy atom. The van der Waals surface area contributed by atoms with Crippen LogP contribution in [0.15, 0.2) is 58.6 Å². The number of sulfonamides is 1. The van der Waals surface area contributed by atoms with Crippen molar-refractivity contribution in [2.24, 2.45) is 5.14 Å². The van der Waals surface area contributed by atoms with E-state index in [1.165, 1.54) is 59.9 Å². The van der Waals surface area contributed by atoms with E-state index in [-0.39, 0.29) is 11.3 Å². The number of nitrogens with zero attached hydrogens (tertiary/aromatic N) is 4. The van der Waals surface area contributed by atoms with Crippen molar-refractivity contribution >= 4 is 27.7 Å². The number of carbonyl (C=O) groups excluding carboxylic acids is 1. The zero-order chi connectivity index (χ0) is 21.9. The lowest BCUT2D eigenvalue weighted by Crippen LogP contribution is -2.22. The predicted molar refractivity (Wildman–Crippen MR) is 108 cm³/mol. The number of nitrogens with two attached hydrogens (primary N) is 1. The van der Waals surface area contributed by atoms with Gasteiger partial charge in [0.2, 0.25) is 21.1 Å². The highest BCUT2D eigenvalue weighted by atomic mass is 32.2. The maximum absolute atomic E-state index is 13.3. The number of halogens is 1. The molecule has 0 aliphatic carbocycles. The molecule has 3 rings (SSSR count). The van der Waals surface area contributed by atoms with Crippen LogP contribution in [0, 0.1) is 5.82 Å². The van der Waals surface area contributed by atoms with E-state index in [0.29, 0.717) is 33.0 Å². The van der Waals surface area contributed by atoms with Crippen LogP contribution in [0.1, 0.15) is 6.42 Å². The minimum atomic E-state index is -3.84. The largest absolute Gasteiger partial charge is 0.286 e. The molecule has 158 valence electrons. The van der Waals surface area contributed by atoms with E-state index in [1.807, 2.05) is 0 Å². The van der Waals surface area contributed by atoms with E-state index < -0.39 is 21.7 Å². The van der Waals surface area contributed by atoms with Crippen molar-refractivity contribution < 1.29 is 22.8 Å². The minimum Gasteiger partial charge on any atom is -0.286 e. The van der Waals surface area contributed by atoms with Gasteiger partial charge in [-0.05, 0) is 48.5 Å². The van der Waals surface area contributed by atoms with E-state index in [0.717, 1.165) is 0 Å². The van der Waals surface area contributed by atoms with Crippen molar-refractivity contribution in [1.29, 1.82) is 0 Å². The average Bonchev–Trinajstić information content (AvgIpc) is 3.12. The molecule has 0 fully saturated rings. The SMILES string of the molecule is CN(O)C(=O)CCSc1nc(-c2ccc(S(N)(=O)=O)cc2)n(-c2ccc(F)cc2)n1. The number of carbonyl (C=O) groups is 1. The summed E-state index contributed by atoms with van der Waals surface area (Å²) in [6, 6.07) is 11.4. The smallest absolute Gasteiger partial charge is 0.246 e. The molecule has 9 nitrogen and oxygen atoms in total. The second-order valence-corrected chi connectivity index (χ2v) is 8.81. The molecule has 0 radical (unpaired) electrons. The van der Waals surface area contributed by atoms with Crippen molar-refractivity contribution in [2.75, 3.05) is 12.8 Å². The molecule has 1 aromatic heterocycles. The number of hydrogen-bond acceptors (Lipinski definition) is 7. The lowest BCUT2D eigenvalue weighted by atomic mass is 10.2. The number of primary sulfonamides is 1. The molecule has 0 unspecified atom stereocenters. The molecule has 3 N–H and O–H groups in total. The van der Waals surface area contributed by atoms with Gasteiger partial charge in [-0.1, -0.05) is 11.8 Å². The standard InChI is InChI=1S/C18H18FN5O4S2/c1-23(26)16(25)10-11-29-18-21-17(12-2-8-15(9-3-12)30(20,27)28)24(22-18)14-6-4-13(19)5-7-14/h2-9,26H,10-11H2,1H3,(H2,20,27,28). The molecule has 2 aromatic carbocycles. The monoisotopic (exact) mass is 451 g/mol. The predicted octanol–water partition coefficient (Wildman–Crippen LogP) is 2.05. The second-order valence-electron chi connectivity index (χ2n) is 6.19. The van der Waals surface area contributed by atoms with Crippen LogP contribution in [-0.2, 0) is 14.8 Å². The highest BCUT2D eigenvalue weighted by Crippen LogP contribution is 2.26. The van der Waals surface area contributed by atoms with E-state index in [9.17, 15) is 17.6 Å². The van der Waals surface area contributed by atoms with E-state index in [2.05, 4.69) is 10.1 Å². The third kappa shape index (κ3) is 5.21. The third-order valence-electron chi connectivity index (χ3n) is 4.01. The molecule has 3 aromatic rings. The topological polar surface area (TPSA) is 131 Å². The first-order valence-corrected chi connectivity index (χ1v) is 11.1. The van der Waals surface area contributed by atoms with E-state index in [4.69, 9.17) is 10.3 Å². The van der Waals surface area contributed by atoms with Crippen LogP contribution in [0.3, 0.4) is 0 Å². The normalized spacial score (nSPS) is 11.5. The first kappa shape index (κ1) is 21.9. The van der Waals surface area contributed by atoms with Gasteiger partial charge in [-0.3, -0.25) is 10.0 Å². The Balaban J connectivity index is 1.94. The number of hydroxylamine groups is 2. The Morgan fingerprint density at radius 1 is 1.20 bits per heavy atom. The molecule has 0 spiro atoms. The van der Waals surface area contributed by atoms with Gasteiger partial charge in [-0.15, -0.1) is 5.10 Å². The second kappa shape index (κ2) is 8.92. The molecule has 0 aliphatic rings. The van der Waals surface area contributed by atoms with Gasteiger partial charge >= 0.3 is 0 Å². The lowest BCUT2D eigenvalue weighted by Gasteiger charge is -2.06. The lowest BCUT2D eigenvalue weighted by molar-refractivity contribution is -0.158. The number of amides is 1. The summed E-state index contributed by atoms with van der Waals surface area (Å²) < 4.78 is 37.8. The molecule has 0 aliphatic heterocycles. The summed E-state index contributed by atoms with van der Waals surface area (Å²) >= 11 is 1.21. The highest BCUT2D eigenvalue weighted by molar-refractivity contribution is 7.99. The zero-order valence-electron chi connectivity index (χ0n) is 15.8. The number of rotatable bonds is 7. The molecule has 1 heterocycles. The average molecular weight is 452 g/mol. The molecule has 0 bridgehead atoms. The van der Waals surface area contributed by atoms with Crippen molar-refractivity contribution in [3.63, 3.8) is 0 Å². The maximum atomic E-state index is 13.3. The van der Waals surface area contributed by atoms with Crippen LogP contribution in [0.4, 0.5) is 4.39 Å². The fourth-order valence-electron chi connectivity index (χ4n) is 2.49. The first-order valence-electron chi connectivity index (χ1n) is 8.59. The van der Waals surface area contributed by atoms with Crippen LogP contribution in [-0.4, -0.2) is 52.2 Å². The van der Waals surface area contributed by atoms with Gasteiger partial charge < -0.3 is 0 Å². The molecule has 0 atom stereocenters. The molecule has 1 amide bonds. The van der Waals surface area contributed by atoms with Crippen LogP contribution in [0.2, 0.25) is 0 Å². The first-order chi connectivity index (χ1) is 14.1. The molecule has 0 saturated heterocycles. The zero-order valence-corrected chi connectivity index (χ0v) is 17.4. The summed E-state index contributed by atoms with van der Waals surface area (Å²) in [5.41, 5.74) is 1.12. The number of benzene rings is 2. The Labute approximate surface area is 176 Å². The molecular formula is C18H18FN5O4S2. The van der Waals surface area contributed by atoms with Crippen LogP contribution >= 0.6 is 11.8 Å². The summed E-state index contributed by atoms with van der Waals surface area (Å²) in [5.74, 6) is -0.116. The number of thioether (sulfide) groups is 1. The Kier molecular flexibility index (Phi) is 6.51. The number of aromatic nitrogens is 3. The van der Waals surface area contributed by atoms with Gasteiger partial charge in [0.15, 0.2) is 5.82 Å². The van der Waals surface area contributed by atoms with Crippen LogP contribution in [0.25, 0.3) is 17.1 Å². The summed E-state index contributed by atoms with van der Waals surface area (Å²) in [7, 11) is -2.59. The number of hydrogen-bond donors (Lipinski definition) is 2. The molecular weight excluding hydrogens is 433 g/mol. The molecule has 12 heteroatoms. The fraction of sp³-hybridized carbons (Fsp3) is 0.167. The van der Waals surface area contributed by atoms with Gasteiger partial charge in [-0.2, -0.15) is 0 Å². The maximum Gasteiger partial charge on any atom is 0.246 e. The van der Waals surface area contributed by atoms with Gasteiger partial charge in [-0.25, -0.2) is 32.7 Å².